The Morgan fingerprint density at radius 3 is 1.41 bits per heavy atom. The third-order valence-corrected chi connectivity index (χ3v) is 11.3. The molecule has 56 heavy (non-hydrogen) atoms. The van der Waals surface area contributed by atoms with Gasteiger partial charge in [-0.25, -0.2) is 9.97 Å². The molecule has 0 amide bonds. The van der Waals surface area contributed by atoms with Crippen molar-refractivity contribution in [1.82, 2.24) is 15.0 Å². The summed E-state index contributed by atoms with van der Waals surface area (Å²) in [7, 11) is 0. The zero-order valence-electron chi connectivity index (χ0n) is 30.3. The van der Waals surface area contributed by atoms with Crippen LogP contribution in [0.25, 0.3) is 67.3 Å². The van der Waals surface area contributed by atoms with Gasteiger partial charge in [0.1, 0.15) is 11.5 Å². The predicted molar refractivity (Wildman–Crippen MR) is 224 cm³/mol. The molecule has 4 nitrogen and oxygen atoms in total. The van der Waals surface area contributed by atoms with E-state index in [9.17, 15) is 0 Å². The zero-order valence-corrected chi connectivity index (χ0v) is 30.3. The van der Waals surface area contributed by atoms with Crippen molar-refractivity contribution in [3.63, 3.8) is 0 Å². The molecule has 0 atom stereocenters. The molecule has 0 saturated carbocycles. The molecule has 3 heterocycles. The van der Waals surface area contributed by atoms with Gasteiger partial charge in [-0.1, -0.05) is 170 Å². The maximum absolute atomic E-state index is 7.31. The molecule has 0 radical (unpaired) electrons. The second kappa shape index (κ2) is 12.9. The monoisotopic (exact) mass is 715 g/mol. The van der Waals surface area contributed by atoms with E-state index in [1.54, 1.807) is 0 Å². The first-order chi connectivity index (χ1) is 27.8. The van der Waals surface area contributed by atoms with Crippen LogP contribution in [0, 0.1) is 0 Å². The minimum Gasteiger partial charge on any atom is -0.455 e. The fraction of sp³-hybridized carbons (Fsp3) is 0.0192. The van der Waals surface area contributed by atoms with E-state index in [1.807, 2.05) is 54.9 Å². The van der Waals surface area contributed by atoms with Gasteiger partial charge in [0.25, 0.3) is 0 Å². The molecular formula is C52H33N3O. The lowest BCUT2D eigenvalue weighted by Gasteiger charge is -2.40. The fourth-order valence-corrected chi connectivity index (χ4v) is 8.84. The van der Waals surface area contributed by atoms with Crippen molar-refractivity contribution < 1.29 is 4.74 Å². The lowest BCUT2D eigenvalue weighted by molar-refractivity contribution is 0.440. The number of benzene rings is 7. The molecule has 0 bridgehead atoms. The van der Waals surface area contributed by atoms with Gasteiger partial charge in [-0.05, 0) is 46.0 Å². The van der Waals surface area contributed by atoms with Crippen LogP contribution in [-0.2, 0) is 5.41 Å². The Kier molecular flexibility index (Phi) is 7.36. The number of pyridine rings is 1. The molecule has 2 aliphatic rings. The zero-order chi connectivity index (χ0) is 37.1. The lowest BCUT2D eigenvalue weighted by atomic mass is 9.65. The SMILES string of the molecule is c1ccc(-c2cc(-c3ccccc3)nc(-c3cccc(-c4cccc5c4Oc4c(-c6cccnc6)cccc4C54c5ccccc5-c5ccccc54)c3)n2)cc1. The third kappa shape index (κ3) is 4.89. The normalized spacial score (nSPS) is 12.9. The number of hydrogen-bond acceptors (Lipinski definition) is 4. The molecule has 2 aromatic heterocycles. The second-order valence-electron chi connectivity index (χ2n) is 14.3. The molecule has 1 aliphatic heterocycles. The molecule has 1 spiro atoms. The Morgan fingerprint density at radius 1 is 0.357 bits per heavy atom. The van der Waals surface area contributed by atoms with Crippen molar-refractivity contribution in [2.75, 3.05) is 0 Å². The predicted octanol–water partition coefficient (Wildman–Crippen LogP) is 12.7. The summed E-state index contributed by atoms with van der Waals surface area (Å²) in [5.74, 6) is 2.34. The first-order valence-electron chi connectivity index (χ1n) is 18.9. The summed E-state index contributed by atoms with van der Waals surface area (Å²) in [6.45, 7) is 0. The van der Waals surface area contributed by atoms with Gasteiger partial charge in [0, 0.05) is 56.9 Å². The van der Waals surface area contributed by atoms with E-state index < -0.39 is 5.41 Å². The van der Waals surface area contributed by atoms with E-state index in [0.29, 0.717) is 5.82 Å². The van der Waals surface area contributed by atoms with Gasteiger partial charge in [0.05, 0.1) is 16.8 Å². The van der Waals surface area contributed by atoms with Crippen LogP contribution in [0.2, 0.25) is 0 Å². The number of ether oxygens (including phenoxy) is 1. The van der Waals surface area contributed by atoms with E-state index in [0.717, 1.165) is 73.0 Å². The lowest BCUT2D eigenvalue weighted by Crippen LogP contribution is -2.32. The van der Waals surface area contributed by atoms with Gasteiger partial charge >= 0.3 is 0 Å². The fourth-order valence-electron chi connectivity index (χ4n) is 8.84. The summed E-state index contributed by atoms with van der Waals surface area (Å²) in [5, 5.41) is 0. The van der Waals surface area contributed by atoms with Crippen LogP contribution in [0.15, 0.2) is 200 Å². The topological polar surface area (TPSA) is 47.9 Å². The van der Waals surface area contributed by atoms with E-state index in [2.05, 4.69) is 151 Å². The number of rotatable bonds is 5. The average Bonchev–Trinajstić information content (AvgIpc) is 3.57. The van der Waals surface area contributed by atoms with Crippen molar-refractivity contribution in [2.24, 2.45) is 0 Å². The van der Waals surface area contributed by atoms with Crippen LogP contribution in [0.3, 0.4) is 0 Å². The van der Waals surface area contributed by atoms with Crippen molar-refractivity contribution in [3.05, 3.63) is 223 Å². The molecule has 4 heteroatoms. The molecular weight excluding hydrogens is 683 g/mol. The summed E-state index contributed by atoms with van der Waals surface area (Å²) in [4.78, 5) is 14.8. The Balaban J connectivity index is 1.15. The Morgan fingerprint density at radius 2 is 0.821 bits per heavy atom. The van der Waals surface area contributed by atoms with Gasteiger partial charge in [-0.3, -0.25) is 4.98 Å². The van der Waals surface area contributed by atoms with E-state index >= 15 is 0 Å². The highest BCUT2D eigenvalue weighted by Gasteiger charge is 2.51. The van der Waals surface area contributed by atoms with E-state index in [4.69, 9.17) is 14.7 Å². The highest BCUT2D eigenvalue weighted by atomic mass is 16.5. The van der Waals surface area contributed by atoms with Crippen LogP contribution >= 0.6 is 0 Å². The summed E-state index contributed by atoms with van der Waals surface area (Å²) in [6, 6.07) is 66.2. The smallest absolute Gasteiger partial charge is 0.160 e. The molecule has 0 unspecified atom stereocenters. The van der Waals surface area contributed by atoms with E-state index in [-0.39, 0.29) is 0 Å². The Labute approximate surface area is 325 Å². The molecule has 262 valence electrons. The summed E-state index contributed by atoms with van der Waals surface area (Å²) < 4.78 is 7.31. The van der Waals surface area contributed by atoms with Crippen LogP contribution in [0.1, 0.15) is 22.3 Å². The average molecular weight is 716 g/mol. The Hall–Kier alpha value is -7.43. The third-order valence-electron chi connectivity index (χ3n) is 11.3. The number of para-hydroxylation sites is 2. The molecule has 7 aromatic carbocycles. The number of fused-ring (bicyclic) bond motifs is 9. The molecule has 1 aliphatic carbocycles. The van der Waals surface area contributed by atoms with E-state index in [1.165, 1.54) is 22.3 Å². The number of aromatic nitrogens is 3. The summed E-state index contributed by atoms with van der Waals surface area (Å²) in [6.07, 6.45) is 3.73. The van der Waals surface area contributed by atoms with Gasteiger partial charge < -0.3 is 4.74 Å². The molecule has 0 saturated heterocycles. The van der Waals surface area contributed by atoms with Crippen molar-refractivity contribution in [1.29, 1.82) is 0 Å². The first kappa shape index (κ1) is 32.0. The molecule has 0 fully saturated rings. The van der Waals surface area contributed by atoms with Crippen molar-refractivity contribution in [2.45, 2.75) is 5.41 Å². The van der Waals surface area contributed by atoms with Crippen molar-refractivity contribution in [3.8, 4) is 78.8 Å². The second-order valence-corrected chi connectivity index (χ2v) is 14.3. The summed E-state index contributed by atoms with van der Waals surface area (Å²) in [5.41, 5.74) is 15.4. The van der Waals surface area contributed by atoms with Crippen LogP contribution < -0.4 is 4.74 Å². The first-order valence-corrected chi connectivity index (χ1v) is 18.9. The standard InChI is InChI=1S/C52H33N3O/c1-3-15-34(16-4-1)47-32-48(35-17-5-2-6-18-35)55-51(54-47)37-20-11-19-36(31-37)39-24-12-28-45-49(39)56-50-40(38-21-14-30-53-33-38)25-13-29-46(50)52(45)43-26-9-7-22-41(43)42-23-8-10-27-44(42)52/h1-33H. The Bertz CT molecular complexity index is 2840. The minimum absolute atomic E-state index is 0.611. The number of nitrogens with zero attached hydrogens (tertiary/aromatic N) is 3. The van der Waals surface area contributed by atoms with Crippen LogP contribution in [0.4, 0.5) is 0 Å². The maximum Gasteiger partial charge on any atom is 0.160 e. The van der Waals surface area contributed by atoms with Gasteiger partial charge in [0.2, 0.25) is 0 Å². The van der Waals surface area contributed by atoms with Crippen LogP contribution in [0.5, 0.6) is 11.5 Å². The van der Waals surface area contributed by atoms with Crippen LogP contribution in [-0.4, -0.2) is 15.0 Å². The highest BCUT2D eigenvalue weighted by molar-refractivity contribution is 5.92. The van der Waals surface area contributed by atoms with Crippen molar-refractivity contribution >= 4 is 0 Å². The molecule has 9 aromatic rings. The molecule has 11 rings (SSSR count). The minimum atomic E-state index is -0.611. The maximum atomic E-state index is 7.31. The number of hydrogen-bond donors (Lipinski definition) is 0. The largest absolute Gasteiger partial charge is 0.455 e. The highest BCUT2D eigenvalue weighted by Crippen LogP contribution is 2.64. The van der Waals surface area contributed by atoms with Gasteiger partial charge in [0.15, 0.2) is 5.82 Å². The van der Waals surface area contributed by atoms with Gasteiger partial charge in [-0.15, -0.1) is 0 Å². The van der Waals surface area contributed by atoms with Gasteiger partial charge in [-0.2, -0.15) is 0 Å². The summed E-state index contributed by atoms with van der Waals surface area (Å²) >= 11 is 0. The quantitative estimate of drug-likeness (QED) is 0.178. The molecule has 0 N–H and O–H groups in total.